The number of sulfone groups is 1. The first kappa shape index (κ1) is 19.4. The van der Waals surface area contributed by atoms with E-state index in [0.717, 1.165) is 17.6 Å². The summed E-state index contributed by atoms with van der Waals surface area (Å²) in [4.78, 5) is 10.3. The largest absolute Gasteiger partial charge is 0.497 e. The SMILES string of the molecule is COc1ccc(COc2cc(N3CCO[C@@H](C)C3)nc(S(C)(=O)=O)n2)cc1. The van der Waals surface area contributed by atoms with Crippen LogP contribution < -0.4 is 14.4 Å². The van der Waals surface area contributed by atoms with Gasteiger partial charge in [-0.15, -0.1) is 0 Å². The van der Waals surface area contributed by atoms with Crippen molar-refractivity contribution < 1.29 is 22.6 Å². The fourth-order valence-electron chi connectivity index (χ4n) is 2.70. The number of benzene rings is 1. The molecular formula is C18H23N3O5S. The number of methoxy groups -OCH3 is 1. The third-order valence-corrected chi connectivity index (χ3v) is 4.96. The van der Waals surface area contributed by atoms with Crippen molar-refractivity contribution in [3.05, 3.63) is 35.9 Å². The molecule has 0 amide bonds. The van der Waals surface area contributed by atoms with Crippen LogP contribution in [0.25, 0.3) is 0 Å². The van der Waals surface area contributed by atoms with Gasteiger partial charge in [0.1, 0.15) is 18.2 Å². The minimum absolute atomic E-state index is 0.0408. The normalized spacial score (nSPS) is 17.6. The Morgan fingerprint density at radius 2 is 2.00 bits per heavy atom. The van der Waals surface area contributed by atoms with Gasteiger partial charge in [0, 0.05) is 25.4 Å². The average molecular weight is 393 g/mol. The Kier molecular flexibility index (Phi) is 5.81. The lowest BCUT2D eigenvalue weighted by Gasteiger charge is -2.32. The number of rotatable bonds is 6. The molecule has 8 nitrogen and oxygen atoms in total. The van der Waals surface area contributed by atoms with Crippen molar-refractivity contribution in [1.82, 2.24) is 9.97 Å². The van der Waals surface area contributed by atoms with Gasteiger partial charge >= 0.3 is 0 Å². The molecule has 0 saturated carbocycles. The van der Waals surface area contributed by atoms with E-state index in [9.17, 15) is 8.42 Å². The quantitative estimate of drug-likeness (QED) is 0.685. The summed E-state index contributed by atoms with van der Waals surface area (Å²) in [6, 6.07) is 9.09. The summed E-state index contributed by atoms with van der Waals surface area (Å²) in [5.74, 6) is 1.49. The van der Waals surface area contributed by atoms with E-state index in [-0.39, 0.29) is 23.7 Å². The molecule has 1 atom stereocenters. The zero-order chi connectivity index (χ0) is 19.4. The Hall–Kier alpha value is -2.39. The summed E-state index contributed by atoms with van der Waals surface area (Å²) in [5.41, 5.74) is 0.914. The predicted molar refractivity (Wildman–Crippen MR) is 100 cm³/mol. The molecule has 3 rings (SSSR count). The molecule has 0 radical (unpaired) electrons. The summed E-state index contributed by atoms with van der Waals surface area (Å²) in [5, 5.41) is -0.246. The second-order valence-electron chi connectivity index (χ2n) is 6.38. The van der Waals surface area contributed by atoms with Crippen LogP contribution >= 0.6 is 0 Å². The van der Waals surface area contributed by atoms with E-state index in [4.69, 9.17) is 14.2 Å². The summed E-state index contributed by atoms with van der Waals surface area (Å²) in [6.07, 6.45) is 1.13. The Morgan fingerprint density at radius 1 is 1.26 bits per heavy atom. The van der Waals surface area contributed by atoms with E-state index in [1.54, 1.807) is 13.2 Å². The lowest BCUT2D eigenvalue weighted by Crippen LogP contribution is -2.41. The first-order valence-corrected chi connectivity index (χ1v) is 10.5. The molecule has 9 heteroatoms. The lowest BCUT2D eigenvalue weighted by molar-refractivity contribution is 0.0528. The van der Waals surface area contributed by atoms with Crippen molar-refractivity contribution >= 4 is 15.7 Å². The van der Waals surface area contributed by atoms with Crippen molar-refractivity contribution in [2.45, 2.75) is 24.8 Å². The highest BCUT2D eigenvalue weighted by atomic mass is 32.2. The second kappa shape index (κ2) is 8.10. The number of anilines is 1. The highest BCUT2D eigenvalue weighted by Crippen LogP contribution is 2.23. The van der Waals surface area contributed by atoms with Crippen molar-refractivity contribution in [2.24, 2.45) is 0 Å². The second-order valence-corrected chi connectivity index (χ2v) is 8.29. The molecule has 27 heavy (non-hydrogen) atoms. The summed E-state index contributed by atoms with van der Waals surface area (Å²) in [7, 11) is -1.96. The van der Waals surface area contributed by atoms with E-state index in [1.165, 1.54) is 0 Å². The van der Waals surface area contributed by atoms with Gasteiger partial charge in [-0.3, -0.25) is 0 Å². The van der Waals surface area contributed by atoms with Crippen LogP contribution in [0.4, 0.5) is 5.82 Å². The minimum atomic E-state index is -3.57. The molecule has 1 aliphatic rings. The van der Waals surface area contributed by atoms with Crippen molar-refractivity contribution in [3.63, 3.8) is 0 Å². The number of morpholine rings is 1. The van der Waals surface area contributed by atoms with Crippen LogP contribution in [0.3, 0.4) is 0 Å². The van der Waals surface area contributed by atoms with Gasteiger partial charge in [0.25, 0.3) is 5.16 Å². The van der Waals surface area contributed by atoms with Gasteiger partial charge in [0.15, 0.2) is 0 Å². The highest BCUT2D eigenvalue weighted by Gasteiger charge is 2.22. The summed E-state index contributed by atoms with van der Waals surface area (Å²) < 4.78 is 40.4. The first-order valence-electron chi connectivity index (χ1n) is 8.56. The molecule has 1 saturated heterocycles. The van der Waals surface area contributed by atoms with Gasteiger partial charge in [-0.25, -0.2) is 13.4 Å². The van der Waals surface area contributed by atoms with E-state index >= 15 is 0 Å². The van der Waals surface area contributed by atoms with Gasteiger partial charge in [-0.2, -0.15) is 4.98 Å². The van der Waals surface area contributed by atoms with Crippen molar-refractivity contribution in [3.8, 4) is 11.6 Å². The molecule has 1 aromatic heterocycles. The number of hydrogen-bond donors (Lipinski definition) is 0. The molecule has 146 valence electrons. The van der Waals surface area contributed by atoms with E-state index in [1.807, 2.05) is 36.1 Å². The summed E-state index contributed by atoms with van der Waals surface area (Å²) in [6.45, 7) is 4.02. The molecule has 0 bridgehead atoms. The Bertz CT molecular complexity index is 886. The number of hydrogen-bond acceptors (Lipinski definition) is 8. The smallest absolute Gasteiger partial charge is 0.252 e. The Labute approximate surface area is 159 Å². The Morgan fingerprint density at radius 3 is 2.63 bits per heavy atom. The van der Waals surface area contributed by atoms with Gasteiger partial charge in [0.05, 0.1) is 19.8 Å². The maximum Gasteiger partial charge on any atom is 0.252 e. The van der Waals surface area contributed by atoms with Gasteiger partial charge < -0.3 is 19.1 Å². The molecule has 0 unspecified atom stereocenters. The number of nitrogens with zero attached hydrogens (tertiary/aromatic N) is 3. The highest BCUT2D eigenvalue weighted by molar-refractivity contribution is 7.90. The molecule has 2 heterocycles. The van der Waals surface area contributed by atoms with Crippen LogP contribution in [0.15, 0.2) is 35.5 Å². The van der Waals surface area contributed by atoms with Gasteiger partial charge in [-0.1, -0.05) is 12.1 Å². The van der Waals surface area contributed by atoms with Crippen LogP contribution in [-0.2, 0) is 21.2 Å². The molecule has 0 spiro atoms. The average Bonchev–Trinajstić information content (AvgIpc) is 2.66. The molecule has 2 aromatic rings. The molecule has 1 fully saturated rings. The van der Waals surface area contributed by atoms with Gasteiger partial charge in [-0.05, 0) is 24.6 Å². The fraction of sp³-hybridized carbons (Fsp3) is 0.444. The van der Waals surface area contributed by atoms with Crippen LogP contribution in [0.1, 0.15) is 12.5 Å². The zero-order valence-corrected chi connectivity index (χ0v) is 16.4. The maximum absolute atomic E-state index is 12.0. The zero-order valence-electron chi connectivity index (χ0n) is 15.6. The maximum atomic E-state index is 12.0. The van der Waals surface area contributed by atoms with Crippen LogP contribution in [-0.4, -0.2) is 57.6 Å². The molecule has 1 aliphatic heterocycles. The monoisotopic (exact) mass is 393 g/mol. The standard InChI is InChI=1S/C18H23N3O5S/c1-13-11-21(8-9-25-13)16-10-17(20-18(19-16)27(3,22)23)26-12-14-4-6-15(24-2)7-5-14/h4-7,10,13H,8-9,11-12H2,1-3H3/t13-/m0/s1. The molecule has 0 aliphatic carbocycles. The third kappa shape index (κ3) is 5.08. The number of ether oxygens (including phenoxy) is 3. The Balaban J connectivity index is 1.83. The molecular weight excluding hydrogens is 370 g/mol. The van der Waals surface area contributed by atoms with E-state index < -0.39 is 9.84 Å². The minimum Gasteiger partial charge on any atom is -0.497 e. The van der Waals surface area contributed by atoms with Crippen molar-refractivity contribution in [2.75, 3.05) is 38.0 Å². The first-order chi connectivity index (χ1) is 12.8. The van der Waals surface area contributed by atoms with Crippen molar-refractivity contribution in [1.29, 1.82) is 0 Å². The fourth-order valence-corrected chi connectivity index (χ4v) is 3.21. The number of aromatic nitrogens is 2. The topological polar surface area (TPSA) is 90.9 Å². The van der Waals surface area contributed by atoms with E-state index in [0.29, 0.717) is 25.5 Å². The van der Waals surface area contributed by atoms with Crippen LogP contribution in [0.5, 0.6) is 11.6 Å². The summed E-state index contributed by atoms with van der Waals surface area (Å²) >= 11 is 0. The van der Waals surface area contributed by atoms with E-state index in [2.05, 4.69) is 9.97 Å². The van der Waals surface area contributed by atoms with Crippen LogP contribution in [0.2, 0.25) is 0 Å². The predicted octanol–water partition coefficient (Wildman–Crippen LogP) is 1.69. The molecule has 1 aromatic carbocycles. The van der Waals surface area contributed by atoms with Crippen LogP contribution in [0, 0.1) is 0 Å². The van der Waals surface area contributed by atoms with Gasteiger partial charge in [0.2, 0.25) is 15.7 Å². The third-order valence-electron chi connectivity index (χ3n) is 4.11. The molecule has 0 N–H and O–H groups in total. The lowest BCUT2D eigenvalue weighted by atomic mass is 10.2.